The van der Waals surface area contributed by atoms with Crippen LogP contribution in [0, 0.1) is 5.82 Å². The third kappa shape index (κ3) is 2.28. The first-order valence-electron chi connectivity index (χ1n) is 5.62. The molecule has 0 saturated carbocycles. The van der Waals surface area contributed by atoms with Crippen LogP contribution in [0.25, 0.3) is 5.69 Å². The van der Waals surface area contributed by atoms with E-state index in [9.17, 15) is 14.3 Å². The van der Waals surface area contributed by atoms with Crippen molar-refractivity contribution < 1.29 is 9.50 Å². The van der Waals surface area contributed by atoms with Gasteiger partial charge in [0.25, 0.3) is 5.56 Å². The number of nitrogens with zero attached hydrogens (tertiary/aromatic N) is 1. The van der Waals surface area contributed by atoms with Gasteiger partial charge in [-0.25, -0.2) is 9.07 Å². The van der Waals surface area contributed by atoms with Crippen LogP contribution < -0.4 is 11.3 Å². The molecule has 0 unspecified atom stereocenters. The van der Waals surface area contributed by atoms with Gasteiger partial charge < -0.3 is 10.8 Å². The molecule has 96 valence electrons. The van der Waals surface area contributed by atoms with Crippen LogP contribution in [-0.2, 0) is 6.42 Å². The van der Waals surface area contributed by atoms with Gasteiger partial charge in [-0.15, -0.1) is 0 Å². The summed E-state index contributed by atoms with van der Waals surface area (Å²) in [6.45, 7) is 0.435. The molecule has 0 fully saturated rings. The Morgan fingerprint density at radius 2 is 2.22 bits per heavy atom. The molecule has 6 heteroatoms. The van der Waals surface area contributed by atoms with Crippen LogP contribution in [0.2, 0.25) is 0 Å². The molecule has 0 aliphatic carbocycles. The number of nitrogens with one attached hydrogen (secondary N) is 1. The quantitative estimate of drug-likeness (QED) is 0.755. The lowest BCUT2D eigenvalue weighted by Crippen LogP contribution is -2.09. The van der Waals surface area contributed by atoms with Crippen molar-refractivity contribution in [3.63, 3.8) is 0 Å². The van der Waals surface area contributed by atoms with Crippen molar-refractivity contribution in [3.8, 4) is 11.6 Å². The minimum absolute atomic E-state index is 0.195. The first-order chi connectivity index (χ1) is 8.63. The second kappa shape index (κ2) is 5.05. The molecule has 0 saturated heterocycles. The topological polar surface area (TPSA) is 84.0 Å². The molecule has 0 atom stereocenters. The van der Waals surface area contributed by atoms with Crippen LogP contribution in [0.3, 0.4) is 0 Å². The number of aromatic hydroxyl groups is 1. The summed E-state index contributed by atoms with van der Waals surface area (Å²) >= 11 is 0. The third-order valence-electron chi connectivity index (χ3n) is 2.67. The maximum absolute atomic E-state index is 13.1. The third-order valence-corrected chi connectivity index (χ3v) is 2.67. The van der Waals surface area contributed by atoms with E-state index in [4.69, 9.17) is 5.73 Å². The molecule has 4 N–H and O–H groups in total. The van der Waals surface area contributed by atoms with E-state index in [1.807, 2.05) is 0 Å². The summed E-state index contributed by atoms with van der Waals surface area (Å²) in [5, 5.41) is 12.4. The number of aromatic nitrogens is 2. The molecular formula is C12H14FN3O2. The average Bonchev–Trinajstić information content (AvgIpc) is 2.63. The number of nitrogens with two attached hydrogens (primary N) is 1. The van der Waals surface area contributed by atoms with E-state index in [1.54, 1.807) is 6.07 Å². The van der Waals surface area contributed by atoms with Gasteiger partial charge in [-0.05, 0) is 37.6 Å². The van der Waals surface area contributed by atoms with E-state index in [-0.39, 0.29) is 17.0 Å². The molecule has 1 aromatic heterocycles. The van der Waals surface area contributed by atoms with Gasteiger partial charge in [-0.2, -0.15) is 0 Å². The molecule has 2 aromatic rings. The zero-order valence-corrected chi connectivity index (χ0v) is 9.69. The molecule has 0 spiro atoms. The largest absolute Gasteiger partial charge is 0.493 e. The fourth-order valence-electron chi connectivity index (χ4n) is 1.76. The van der Waals surface area contributed by atoms with Crippen LogP contribution in [0.5, 0.6) is 5.88 Å². The summed E-state index contributed by atoms with van der Waals surface area (Å²) in [6.07, 6.45) is 0.990. The van der Waals surface area contributed by atoms with Crippen molar-refractivity contribution >= 4 is 0 Å². The van der Waals surface area contributed by atoms with Gasteiger partial charge in [-0.1, -0.05) is 6.07 Å². The Balaban J connectivity index is 2.44. The number of rotatable bonds is 4. The number of halogens is 1. The highest BCUT2D eigenvalue weighted by molar-refractivity contribution is 5.37. The fraction of sp³-hybridized carbons (Fsp3) is 0.250. The highest BCUT2D eigenvalue weighted by atomic mass is 19.1. The molecule has 2 rings (SSSR count). The maximum atomic E-state index is 13.1. The van der Waals surface area contributed by atoms with Gasteiger partial charge in [0, 0.05) is 0 Å². The van der Waals surface area contributed by atoms with E-state index in [0.717, 1.165) is 4.68 Å². The highest BCUT2D eigenvalue weighted by Gasteiger charge is 2.14. The van der Waals surface area contributed by atoms with Gasteiger partial charge in [0.2, 0.25) is 5.88 Å². The molecule has 1 heterocycles. The van der Waals surface area contributed by atoms with E-state index >= 15 is 0 Å². The van der Waals surface area contributed by atoms with Gasteiger partial charge in [-0.3, -0.25) is 9.89 Å². The lowest BCUT2D eigenvalue weighted by Gasteiger charge is -2.04. The lowest BCUT2D eigenvalue weighted by molar-refractivity contribution is 0.427. The van der Waals surface area contributed by atoms with E-state index in [2.05, 4.69) is 5.10 Å². The fourth-order valence-corrected chi connectivity index (χ4v) is 1.76. The normalized spacial score (nSPS) is 10.8. The first-order valence-corrected chi connectivity index (χ1v) is 5.62. The number of benzene rings is 1. The summed E-state index contributed by atoms with van der Waals surface area (Å²) in [5.74, 6) is -0.635. The summed E-state index contributed by atoms with van der Waals surface area (Å²) in [7, 11) is 0. The predicted octanol–water partition coefficient (Wildman–Crippen LogP) is 0.902. The zero-order valence-electron chi connectivity index (χ0n) is 9.69. The standard InChI is InChI=1S/C12H14FN3O2/c13-8-3-1-4-9(7-8)16-12(18)10(5-2-6-14)11(17)15-16/h1,3-4,7,18H,2,5-6,14H2,(H,15,17). The molecule has 18 heavy (non-hydrogen) atoms. The van der Waals surface area contributed by atoms with Gasteiger partial charge >= 0.3 is 0 Å². The second-order valence-corrected chi connectivity index (χ2v) is 3.95. The number of hydrogen-bond donors (Lipinski definition) is 3. The summed E-state index contributed by atoms with van der Waals surface area (Å²) < 4.78 is 14.3. The molecular weight excluding hydrogens is 237 g/mol. The molecule has 0 bridgehead atoms. The molecule has 0 amide bonds. The molecule has 1 aromatic carbocycles. The monoisotopic (exact) mass is 251 g/mol. The Bertz CT molecular complexity index is 604. The molecule has 0 radical (unpaired) electrons. The highest BCUT2D eigenvalue weighted by Crippen LogP contribution is 2.19. The maximum Gasteiger partial charge on any atom is 0.271 e. The van der Waals surface area contributed by atoms with Crippen LogP contribution >= 0.6 is 0 Å². The summed E-state index contributed by atoms with van der Waals surface area (Å²) in [4.78, 5) is 11.7. The minimum atomic E-state index is -0.440. The van der Waals surface area contributed by atoms with Crippen LogP contribution in [0.4, 0.5) is 4.39 Å². The van der Waals surface area contributed by atoms with Crippen LogP contribution in [0.15, 0.2) is 29.1 Å². The predicted molar refractivity (Wildman–Crippen MR) is 65.4 cm³/mol. The second-order valence-electron chi connectivity index (χ2n) is 3.95. The average molecular weight is 251 g/mol. The number of H-pyrrole nitrogens is 1. The van der Waals surface area contributed by atoms with Crippen molar-refractivity contribution in [1.82, 2.24) is 9.78 Å². The van der Waals surface area contributed by atoms with Gasteiger partial charge in [0.05, 0.1) is 11.3 Å². The Morgan fingerprint density at radius 3 is 2.89 bits per heavy atom. The van der Waals surface area contributed by atoms with E-state index < -0.39 is 5.82 Å². The van der Waals surface area contributed by atoms with Crippen molar-refractivity contribution in [3.05, 3.63) is 46.0 Å². The SMILES string of the molecule is NCCCc1c(O)n(-c2cccc(F)c2)[nH]c1=O. The van der Waals surface area contributed by atoms with Crippen LogP contribution in [-0.4, -0.2) is 21.4 Å². The van der Waals surface area contributed by atoms with E-state index in [1.165, 1.54) is 18.2 Å². The summed E-state index contributed by atoms with van der Waals surface area (Å²) in [6, 6.07) is 5.60. The molecule has 5 nitrogen and oxygen atoms in total. The zero-order chi connectivity index (χ0) is 13.1. The van der Waals surface area contributed by atoms with Gasteiger partial charge in [0.1, 0.15) is 5.82 Å². The minimum Gasteiger partial charge on any atom is -0.493 e. The van der Waals surface area contributed by atoms with Crippen molar-refractivity contribution in [1.29, 1.82) is 0 Å². The Hall–Kier alpha value is -2.08. The Morgan fingerprint density at radius 1 is 1.44 bits per heavy atom. The van der Waals surface area contributed by atoms with Gasteiger partial charge in [0.15, 0.2) is 0 Å². The van der Waals surface area contributed by atoms with Crippen molar-refractivity contribution in [2.24, 2.45) is 5.73 Å². The van der Waals surface area contributed by atoms with Crippen molar-refractivity contribution in [2.75, 3.05) is 6.54 Å². The number of hydrogen-bond acceptors (Lipinski definition) is 3. The summed E-state index contributed by atoms with van der Waals surface area (Å²) in [5.41, 5.74) is 5.61. The smallest absolute Gasteiger partial charge is 0.271 e. The first kappa shape index (κ1) is 12.4. The van der Waals surface area contributed by atoms with Crippen LogP contribution in [0.1, 0.15) is 12.0 Å². The lowest BCUT2D eigenvalue weighted by atomic mass is 10.2. The van der Waals surface area contributed by atoms with Crippen molar-refractivity contribution in [2.45, 2.75) is 12.8 Å². The Labute approximate surface area is 103 Å². The van der Waals surface area contributed by atoms with E-state index in [0.29, 0.717) is 25.1 Å². The Kier molecular flexibility index (Phi) is 3.47. The molecule has 0 aliphatic heterocycles. The molecule has 0 aliphatic rings. The number of aromatic amines is 1.